The molecule has 22 heavy (non-hydrogen) atoms. The molecule has 3 nitrogen and oxygen atoms in total. The fourth-order valence-electron chi connectivity index (χ4n) is 2.75. The number of hydrogen-bond donors (Lipinski definition) is 0. The van der Waals surface area contributed by atoms with Gasteiger partial charge in [0.15, 0.2) is 0 Å². The van der Waals surface area contributed by atoms with Gasteiger partial charge in [0.1, 0.15) is 16.9 Å². The highest BCUT2D eigenvalue weighted by Crippen LogP contribution is 2.36. The highest BCUT2D eigenvalue weighted by atomic mass is 16.5. The molecule has 0 N–H and O–H groups in total. The number of furan rings is 1. The molecule has 0 aliphatic heterocycles. The lowest BCUT2D eigenvalue weighted by atomic mass is 10.0. The Morgan fingerprint density at radius 2 is 1.86 bits per heavy atom. The minimum atomic E-state index is -0.342. The topological polar surface area (TPSA) is 39.4 Å². The van der Waals surface area contributed by atoms with Gasteiger partial charge in [0.2, 0.25) is 0 Å². The van der Waals surface area contributed by atoms with Gasteiger partial charge in [0, 0.05) is 10.9 Å². The quantitative estimate of drug-likeness (QED) is 0.645. The third-order valence-corrected chi connectivity index (χ3v) is 3.64. The number of fused-ring (bicyclic) bond motifs is 1. The van der Waals surface area contributed by atoms with E-state index in [9.17, 15) is 4.79 Å². The van der Waals surface area contributed by atoms with Gasteiger partial charge in [-0.05, 0) is 38.0 Å². The summed E-state index contributed by atoms with van der Waals surface area (Å²) in [6, 6.07) is 13.7. The van der Waals surface area contributed by atoms with Gasteiger partial charge in [-0.25, -0.2) is 4.79 Å². The summed E-state index contributed by atoms with van der Waals surface area (Å²) in [5.74, 6) is 0.229. The minimum absolute atomic E-state index is 0.338. The summed E-state index contributed by atoms with van der Waals surface area (Å²) in [5.41, 5.74) is 4.24. The maximum absolute atomic E-state index is 12.5. The minimum Gasteiger partial charge on any atom is -0.462 e. The third-order valence-electron chi connectivity index (χ3n) is 3.64. The van der Waals surface area contributed by atoms with Gasteiger partial charge in [0.05, 0.1) is 6.61 Å². The van der Waals surface area contributed by atoms with Gasteiger partial charge >= 0.3 is 5.97 Å². The Balaban J connectivity index is 2.33. The lowest BCUT2D eigenvalue weighted by Gasteiger charge is -2.03. The normalized spacial score (nSPS) is 10.9. The summed E-state index contributed by atoms with van der Waals surface area (Å²) in [4.78, 5) is 12.5. The average Bonchev–Trinajstić information content (AvgIpc) is 2.88. The molecule has 0 atom stereocenters. The SMILES string of the molecule is CCOC(=O)c1c(-c2ccccc2)oc2c(C)cc(C)cc12. The molecular weight excluding hydrogens is 276 g/mol. The average molecular weight is 294 g/mol. The van der Waals surface area contributed by atoms with Gasteiger partial charge in [-0.3, -0.25) is 0 Å². The predicted molar refractivity (Wildman–Crippen MR) is 87.1 cm³/mol. The summed E-state index contributed by atoms with van der Waals surface area (Å²) in [7, 11) is 0. The molecule has 1 aromatic heterocycles. The van der Waals surface area contributed by atoms with Crippen LogP contribution in [-0.2, 0) is 4.74 Å². The van der Waals surface area contributed by atoms with Crippen molar-refractivity contribution in [2.45, 2.75) is 20.8 Å². The Kier molecular flexibility index (Phi) is 3.72. The first-order chi connectivity index (χ1) is 10.6. The first-order valence-corrected chi connectivity index (χ1v) is 7.38. The van der Waals surface area contributed by atoms with Crippen LogP contribution in [0.4, 0.5) is 0 Å². The van der Waals surface area contributed by atoms with E-state index in [1.807, 2.05) is 50.2 Å². The molecule has 0 aliphatic rings. The van der Waals surface area contributed by atoms with Crippen molar-refractivity contribution in [2.24, 2.45) is 0 Å². The Bertz CT molecular complexity index is 829. The second kappa shape index (κ2) is 5.68. The van der Waals surface area contributed by atoms with Crippen LogP contribution in [0.5, 0.6) is 0 Å². The third kappa shape index (κ3) is 2.39. The van der Waals surface area contributed by atoms with Gasteiger partial charge < -0.3 is 9.15 Å². The number of esters is 1. The smallest absolute Gasteiger partial charge is 0.342 e. The summed E-state index contributed by atoms with van der Waals surface area (Å²) < 4.78 is 11.3. The molecule has 0 saturated heterocycles. The Labute approximate surface area is 129 Å². The zero-order valence-corrected chi connectivity index (χ0v) is 13.0. The predicted octanol–water partition coefficient (Wildman–Crippen LogP) is 4.89. The molecule has 0 spiro atoms. The summed E-state index contributed by atoms with van der Waals surface area (Å²) in [6.07, 6.45) is 0. The zero-order chi connectivity index (χ0) is 15.7. The van der Waals surface area contributed by atoms with Crippen molar-refractivity contribution in [1.29, 1.82) is 0 Å². The molecule has 3 rings (SSSR count). The molecular formula is C19H18O3. The van der Waals surface area contributed by atoms with Crippen LogP contribution in [-0.4, -0.2) is 12.6 Å². The van der Waals surface area contributed by atoms with Crippen LogP contribution in [0.25, 0.3) is 22.3 Å². The van der Waals surface area contributed by atoms with Gasteiger partial charge in [-0.2, -0.15) is 0 Å². The lowest BCUT2D eigenvalue weighted by Crippen LogP contribution is -2.05. The highest BCUT2D eigenvalue weighted by molar-refractivity contribution is 6.09. The number of hydrogen-bond acceptors (Lipinski definition) is 3. The van der Waals surface area contributed by atoms with Crippen molar-refractivity contribution in [1.82, 2.24) is 0 Å². The second-order valence-electron chi connectivity index (χ2n) is 5.35. The van der Waals surface area contributed by atoms with Crippen molar-refractivity contribution < 1.29 is 13.9 Å². The molecule has 0 saturated carbocycles. The highest BCUT2D eigenvalue weighted by Gasteiger charge is 2.24. The van der Waals surface area contributed by atoms with Crippen LogP contribution < -0.4 is 0 Å². The lowest BCUT2D eigenvalue weighted by molar-refractivity contribution is 0.0529. The number of ether oxygens (including phenoxy) is 1. The first kappa shape index (κ1) is 14.4. The maximum Gasteiger partial charge on any atom is 0.342 e. The van der Waals surface area contributed by atoms with Crippen LogP contribution in [0, 0.1) is 13.8 Å². The number of aryl methyl sites for hydroxylation is 2. The van der Waals surface area contributed by atoms with Gasteiger partial charge in [-0.15, -0.1) is 0 Å². The van der Waals surface area contributed by atoms with E-state index in [4.69, 9.17) is 9.15 Å². The fraction of sp³-hybridized carbons (Fsp3) is 0.211. The Morgan fingerprint density at radius 3 is 2.55 bits per heavy atom. The van der Waals surface area contributed by atoms with Crippen LogP contribution in [0.2, 0.25) is 0 Å². The number of carbonyl (C=O) groups excluding carboxylic acids is 1. The monoisotopic (exact) mass is 294 g/mol. The van der Waals surface area contributed by atoms with E-state index in [0.29, 0.717) is 17.9 Å². The second-order valence-corrected chi connectivity index (χ2v) is 5.35. The van der Waals surface area contributed by atoms with Gasteiger partial charge in [-0.1, -0.05) is 36.4 Å². The molecule has 0 radical (unpaired) electrons. The van der Waals surface area contributed by atoms with Crippen LogP contribution in [0.15, 0.2) is 46.9 Å². The van der Waals surface area contributed by atoms with E-state index < -0.39 is 0 Å². The summed E-state index contributed by atoms with van der Waals surface area (Å²) >= 11 is 0. The fourth-order valence-corrected chi connectivity index (χ4v) is 2.75. The first-order valence-electron chi connectivity index (χ1n) is 7.38. The maximum atomic E-state index is 12.5. The van der Waals surface area contributed by atoms with Crippen molar-refractivity contribution >= 4 is 16.9 Å². The number of rotatable bonds is 3. The molecule has 112 valence electrons. The van der Waals surface area contributed by atoms with E-state index >= 15 is 0 Å². The van der Waals surface area contributed by atoms with Crippen LogP contribution in [0.3, 0.4) is 0 Å². The number of carbonyl (C=O) groups is 1. The Hall–Kier alpha value is -2.55. The van der Waals surface area contributed by atoms with Crippen LogP contribution >= 0.6 is 0 Å². The van der Waals surface area contributed by atoms with Crippen molar-refractivity contribution in [3.63, 3.8) is 0 Å². The molecule has 1 heterocycles. The molecule has 0 aliphatic carbocycles. The van der Waals surface area contributed by atoms with E-state index in [-0.39, 0.29) is 5.97 Å². The van der Waals surface area contributed by atoms with Crippen molar-refractivity contribution in [3.8, 4) is 11.3 Å². The van der Waals surface area contributed by atoms with Gasteiger partial charge in [0.25, 0.3) is 0 Å². The summed E-state index contributed by atoms with van der Waals surface area (Å²) in [6.45, 7) is 6.14. The molecule has 3 aromatic rings. The molecule has 0 amide bonds. The van der Waals surface area contributed by atoms with Crippen molar-refractivity contribution in [2.75, 3.05) is 6.61 Å². The standard InChI is InChI=1S/C19H18O3/c1-4-21-19(20)16-15-11-12(2)10-13(3)17(15)22-18(16)14-8-6-5-7-9-14/h5-11H,4H2,1-3H3. The zero-order valence-electron chi connectivity index (χ0n) is 13.0. The van der Waals surface area contributed by atoms with E-state index in [1.165, 1.54) is 0 Å². The van der Waals surface area contributed by atoms with E-state index in [0.717, 1.165) is 27.7 Å². The van der Waals surface area contributed by atoms with E-state index in [1.54, 1.807) is 6.92 Å². The molecule has 3 heteroatoms. The number of benzene rings is 2. The molecule has 0 fully saturated rings. The largest absolute Gasteiger partial charge is 0.462 e. The Morgan fingerprint density at radius 1 is 1.14 bits per heavy atom. The van der Waals surface area contributed by atoms with Crippen LogP contribution in [0.1, 0.15) is 28.4 Å². The molecule has 2 aromatic carbocycles. The van der Waals surface area contributed by atoms with Crippen molar-refractivity contribution in [3.05, 3.63) is 59.2 Å². The van der Waals surface area contributed by atoms with E-state index in [2.05, 4.69) is 6.07 Å². The molecule has 0 unspecified atom stereocenters. The summed E-state index contributed by atoms with van der Waals surface area (Å²) in [5, 5.41) is 0.815. The molecule has 0 bridgehead atoms.